The zero-order valence-electron chi connectivity index (χ0n) is 21.0. The number of rotatable bonds is 4. The molecule has 0 unspecified atom stereocenters. The molecule has 184 valence electrons. The van der Waals surface area contributed by atoms with Gasteiger partial charge in [-0.2, -0.15) is 0 Å². The molecule has 1 nitrogen and oxygen atoms in total. The van der Waals surface area contributed by atoms with E-state index in [9.17, 15) is 0 Å². The summed E-state index contributed by atoms with van der Waals surface area (Å²) < 4.78 is 5.26. The van der Waals surface area contributed by atoms with Gasteiger partial charge in [0, 0.05) is 52.6 Å². The molecule has 0 fully saturated rings. The second-order valence-corrected chi connectivity index (χ2v) is 11.9. The van der Waals surface area contributed by atoms with E-state index in [4.69, 9.17) is 0 Å². The molecular formula is C36H23NS2. The Morgan fingerprint density at radius 2 is 1.03 bits per heavy atom. The summed E-state index contributed by atoms with van der Waals surface area (Å²) in [6.45, 7) is 0. The largest absolute Gasteiger partial charge is 0.308 e. The van der Waals surface area contributed by atoms with Gasteiger partial charge in [-0.15, -0.1) is 22.7 Å². The maximum atomic E-state index is 2.46. The van der Waals surface area contributed by atoms with Crippen LogP contribution in [0, 0.1) is 0 Å². The minimum absolute atomic E-state index is 1.15. The van der Waals surface area contributed by atoms with E-state index < -0.39 is 0 Å². The van der Waals surface area contributed by atoms with Gasteiger partial charge in [-0.3, -0.25) is 0 Å². The van der Waals surface area contributed by atoms with Gasteiger partial charge in [0.25, 0.3) is 0 Å². The van der Waals surface area contributed by atoms with Crippen LogP contribution in [0.15, 0.2) is 140 Å². The Kier molecular flexibility index (Phi) is 5.25. The molecule has 0 aliphatic heterocycles. The van der Waals surface area contributed by atoms with E-state index in [1.807, 2.05) is 22.7 Å². The Bertz CT molecular complexity index is 2120. The number of nitrogens with zero attached hydrogens (tertiary/aromatic N) is 1. The zero-order chi connectivity index (χ0) is 25.8. The van der Waals surface area contributed by atoms with E-state index in [0.29, 0.717) is 0 Å². The third-order valence-corrected chi connectivity index (χ3v) is 9.81. The van der Waals surface area contributed by atoms with E-state index in [2.05, 4.69) is 144 Å². The van der Waals surface area contributed by atoms with Crippen molar-refractivity contribution in [1.82, 2.24) is 0 Å². The molecule has 0 atom stereocenters. The lowest BCUT2D eigenvalue weighted by molar-refractivity contribution is 1.31. The first-order valence-electron chi connectivity index (χ1n) is 13.1. The number of hydrogen-bond donors (Lipinski definition) is 0. The van der Waals surface area contributed by atoms with Crippen molar-refractivity contribution in [2.24, 2.45) is 0 Å². The average Bonchev–Trinajstić information content (AvgIpc) is 3.57. The Morgan fingerprint density at radius 1 is 0.410 bits per heavy atom. The molecule has 2 heterocycles. The van der Waals surface area contributed by atoms with E-state index in [0.717, 1.165) is 5.69 Å². The predicted octanol–water partition coefficient (Wildman–Crippen LogP) is 11.6. The second kappa shape index (κ2) is 9.09. The Balaban J connectivity index is 1.49. The number of benzene rings is 6. The predicted molar refractivity (Wildman–Crippen MR) is 172 cm³/mol. The number of anilines is 3. The van der Waals surface area contributed by atoms with Gasteiger partial charge in [-0.1, -0.05) is 97.1 Å². The topological polar surface area (TPSA) is 3.24 Å². The van der Waals surface area contributed by atoms with Crippen LogP contribution in [0.5, 0.6) is 0 Å². The number of para-hydroxylation sites is 1. The summed E-state index contributed by atoms with van der Waals surface area (Å²) in [5.41, 5.74) is 5.99. The molecule has 39 heavy (non-hydrogen) atoms. The molecule has 0 amide bonds. The Labute approximate surface area is 234 Å². The van der Waals surface area contributed by atoms with Crippen LogP contribution in [0.4, 0.5) is 17.1 Å². The highest BCUT2D eigenvalue weighted by molar-refractivity contribution is 7.26. The highest BCUT2D eigenvalue weighted by atomic mass is 32.1. The van der Waals surface area contributed by atoms with Gasteiger partial charge in [0.1, 0.15) is 0 Å². The first-order chi connectivity index (χ1) is 19.3. The summed E-state index contributed by atoms with van der Waals surface area (Å²) in [6.07, 6.45) is 0. The first-order valence-corrected chi connectivity index (χ1v) is 14.7. The SMILES string of the molecule is c1ccc(-c2ccc3c(sc4ccccc43)c2N(c2ccccc2)c2ccc3sc4ccccc4c3c2)cc1. The van der Waals surface area contributed by atoms with Gasteiger partial charge in [0.05, 0.1) is 10.4 Å². The molecular weight excluding hydrogens is 511 g/mol. The van der Waals surface area contributed by atoms with Crippen LogP contribution in [0.2, 0.25) is 0 Å². The van der Waals surface area contributed by atoms with Gasteiger partial charge >= 0.3 is 0 Å². The van der Waals surface area contributed by atoms with Crippen molar-refractivity contribution < 1.29 is 0 Å². The van der Waals surface area contributed by atoms with Crippen molar-refractivity contribution in [3.05, 3.63) is 140 Å². The molecule has 0 saturated carbocycles. The fourth-order valence-electron chi connectivity index (χ4n) is 5.68. The first kappa shape index (κ1) is 22.5. The smallest absolute Gasteiger partial charge is 0.0718 e. The van der Waals surface area contributed by atoms with Crippen molar-refractivity contribution in [2.45, 2.75) is 0 Å². The lowest BCUT2D eigenvalue weighted by Gasteiger charge is -2.28. The van der Waals surface area contributed by atoms with Gasteiger partial charge in [-0.25, -0.2) is 0 Å². The molecule has 0 spiro atoms. The number of hydrogen-bond acceptors (Lipinski definition) is 3. The van der Waals surface area contributed by atoms with E-state index >= 15 is 0 Å². The third kappa shape index (κ3) is 3.66. The van der Waals surface area contributed by atoms with Crippen molar-refractivity contribution in [1.29, 1.82) is 0 Å². The second-order valence-electron chi connectivity index (χ2n) is 9.75. The van der Waals surface area contributed by atoms with Crippen molar-refractivity contribution in [3.8, 4) is 11.1 Å². The Morgan fingerprint density at radius 3 is 1.79 bits per heavy atom. The summed E-state index contributed by atoms with van der Waals surface area (Å²) in [5, 5.41) is 5.23. The van der Waals surface area contributed by atoms with Crippen LogP contribution in [-0.4, -0.2) is 0 Å². The molecule has 0 saturated heterocycles. The van der Waals surface area contributed by atoms with Crippen molar-refractivity contribution >= 4 is 80.1 Å². The quantitative estimate of drug-likeness (QED) is 0.217. The van der Waals surface area contributed by atoms with Crippen LogP contribution < -0.4 is 4.90 Å². The normalized spacial score (nSPS) is 11.6. The van der Waals surface area contributed by atoms with Crippen molar-refractivity contribution in [2.75, 3.05) is 4.90 Å². The monoisotopic (exact) mass is 533 g/mol. The van der Waals surface area contributed by atoms with E-state index in [-0.39, 0.29) is 0 Å². The fraction of sp³-hybridized carbons (Fsp3) is 0. The summed E-state index contributed by atoms with van der Waals surface area (Å²) in [6, 6.07) is 50.6. The highest BCUT2D eigenvalue weighted by Gasteiger charge is 2.23. The van der Waals surface area contributed by atoms with Gasteiger partial charge in [0.2, 0.25) is 0 Å². The highest BCUT2D eigenvalue weighted by Crippen LogP contribution is 2.50. The van der Waals surface area contributed by atoms with E-state index in [1.165, 1.54) is 62.8 Å². The zero-order valence-corrected chi connectivity index (χ0v) is 22.7. The number of thiophene rings is 2. The minimum atomic E-state index is 1.15. The van der Waals surface area contributed by atoms with Crippen LogP contribution in [0.25, 0.3) is 51.5 Å². The molecule has 0 bridgehead atoms. The van der Waals surface area contributed by atoms with Crippen LogP contribution in [0.1, 0.15) is 0 Å². The molecule has 0 radical (unpaired) electrons. The maximum Gasteiger partial charge on any atom is 0.0718 e. The molecule has 6 aromatic carbocycles. The summed E-state index contributed by atoms with van der Waals surface area (Å²) in [7, 11) is 0. The molecule has 0 aliphatic rings. The van der Waals surface area contributed by atoms with Crippen molar-refractivity contribution in [3.63, 3.8) is 0 Å². The fourth-order valence-corrected chi connectivity index (χ4v) is 8.01. The summed E-state index contributed by atoms with van der Waals surface area (Å²) >= 11 is 3.75. The maximum absolute atomic E-state index is 2.46. The summed E-state index contributed by atoms with van der Waals surface area (Å²) in [4.78, 5) is 2.46. The Hall–Kier alpha value is -4.44. The van der Waals surface area contributed by atoms with E-state index in [1.54, 1.807) is 0 Å². The molecule has 8 aromatic rings. The van der Waals surface area contributed by atoms with Gasteiger partial charge in [-0.05, 0) is 48.0 Å². The van der Waals surface area contributed by atoms with Crippen LogP contribution in [0.3, 0.4) is 0 Å². The molecule has 2 aromatic heterocycles. The van der Waals surface area contributed by atoms with Crippen LogP contribution in [-0.2, 0) is 0 Å². The standard InChI is InChI=1S/C36H23NS2/c1-3-11-24(12-4-1)27-20-21-30-28-15-7-10-18-33(28)39-36(30)35(27)37(25-13-5-2-6-14-25)26-19-22-34-31(23-26)29-16-8-9-17-32(29)38-34/h1-23H. The van der Waals surface area contributed by atoms with Crippen LogP contribution >= 0.6 is 22.7 Å². The van der Waals surface area contributed by atoms with Gasteiger partial charge in [0.15, 0.2) is 0 Å². The number of fused-ring (bicyclic) bond motifs is 6. The van der Waals surface area contributed by atoms with Gasteiger partial charge < -0.3 is 4.90 Å². The minimum Gasteiger partial charge on any atom is -0.308 e. The molecule has 0 aliphatic carbocycles. The molecule has 3 heteroatoms. The third-order valence-electron chi connectivity index (χ3n) is 7.46. The lowest BCUT2D eigenvalue weighted by atomic mass is 9.99. The summed E-state index contributed by atoms with van der Waals surface area (Å²) in [5.74, 6) is 0. The molecule has 8 rings (SSSR count). The molecule has 0 N–H and O–H groups in total. The lowest BCUT2D eigenvalue weighted by Crippen LogP contribution is -2.11. The average molecular weight is 534 g/mol.